The molecule has 1 atom stereocenters. The van der Waals surface area contributed by atoms with E-state index in [1.165, 1.54) is 0 Å². The Bertz CT molecular complexity index is 221. The number of anilines is 1. The molecule has 0 amide bonds. The summed E-state index contributed by atoms with van der Waals surface area (Å²) in [6.45, 7) is 4.11. The van der Waals surface area contributed by atoms with Crippen LogP contribution in [0, 0.1) is 0 Å². The molecule has 0 fully saturated rings. The Balaban J connectivity index is 0.000000671. The second-order valence-electron chi connectivity index (χ2n) is 2.44. The lowest BCUT2D eigenvalue weighted by atomic mass is 10.2. The van der Waals surface area contributed by atoms with E-state index >= 15 is 0 Å². The molecule has 0 aliphatic carbocycles. The van der Waals surface area contributed by atoms with Crippen LogP contribution in [0.5, 0.6) is 0 Å². The van der Waals surface area contributed by atoms with Gasteiger partial charge in [-0.3, -0.25) is 0 Å². The summed E-state index contributed by atoms with van der Waals surface area (Å²) in [6.07, 6.45) is 0. The SMILES string of the molecule is CC.CN(P)c1ccc(CO)cc1. The number of benzene rings is 1. The van der Waals surface area contributed by atoms with E-state index in [-0.39, 0.29) is 6.61 Å². The van der Waals surface area contributed by atoms with Crippen LogP contribution in [0.1, 0.15) is 19.4 Å². The van der Waals surface area contributed by atoms with Crippen molar-refractivity contribution in [2.24, 2.45) is 0 Å². The molecule has 1 rings (SSSR count). The highest BCUT2D eigenvalue weighted by Crippen LogP contribution is 2.16. The Morgan fingerprint density at radius 2 is 1.69 bits per heavy atom. The first kappa shape index (κ1) is 12.4. The van der Waals surface area contributed by atoms with Gasteiger partial charge in [0.1, 0.15) is 0 Å². The smallest absolute Gasteiger partial charge is 0.0681 e. The lowest BCUT2D eigenvalue weighted by Crippen LogP contribution is -1.98. The average Bonchev–Trinajstić information content (AvgIpc) is 2.21. The van der Waals surface area contributed by atoms with Gasteiger partial charge in [0.15, 0.2) is 0 Å². The molecule has 13 heavy (non-hydrogen) atoms. The van der Waals surface area contributed by atoms with Gasteiger partial charge in [-0.1, -0.05) is 26.0 Å². The van der Waals surface area contributed by atoms with Crippen molar-refractivity contribution in [3.63, 3.8) is 0 Å². The zero-order chi connectivity index (χ0) is 10.3. The van der Waals surface area contributed by atoms with Gasteiger partial charge in [-0.05, 0) is 27.1 Å². The van der Waals surface area contributed by atoms with Crippen LogP contribution < -0.4 is 4.67 Å². The fourth-order valence-electron chi connectivity index (χ4n) is 0.836. The van der Waals surface area contributed by atoms with Gasteiger partial charge < -0.3 is 9.78 Å². The topological polar surface area (TPSA) is 23.5 Å². The van der Waals surface area contributed by atoms with E-state index in [0.29, 0.717) is 0 Å². The fourth-order valence-corrected chi connectivity index (χ4v) is 1.01. The molecule has 1 unspecified atom stereocenters. The number of nitrogens with zero attached hydrogens (tertiary/aromatic N) is 1. The molecule has 0 aliphatic heterocycles. The van der Waals surface area contributed by atoms with E-state index in [2.05, 4.69) is 9.39 Å². The highest BCUT2D eigenvalue weighted by molar-refractivity contribution is 7.19. The number of aliphatic hydroxyl groups is 1. The van der Waals surface area contributed by atoms with Crippen LogP contribution in [0.4, 0.5) is 5.69 Å². The number of rotatable bonds is 2. The molecule has 74 valence electrons. The van der Waals surface area contributed by atoms with Crippen molar-refractivity contribution >= 4 is 15.1 Å². The molecule has 0 spiro atoms. The molecule has 1 aromatic rings. The molecule has 0 radical (unpaired) electrons. The molecule has 0 aliphatic rings. The highest BCUT2D eigenvalue weighted by atomic mass is 31.0. The summed E-state index contributed by atoms with van der Waals surface area (Å²) in [4.78, 5) is 0. The van der Waals surface area contributed by atoms with Gasteiger partial charge in [0.2, 0.25) is 0 Å². The predicted octanol–water partition coefficient (Wildman–Crippen LogP) is 2.43. The minimum Gasteiger partial charge on any atom is -0.392 e. The van der Waals surface area contributed by atoms with Crippen LogP contribution in [-0.2, 0) is 6.61 Å². The normalized spacial score (nSPS) is 8.69. The van der Waals surface area contributed by atoms with E-state index in [9.17, 15) is 0 Å². The maximum atomic E-state index is 8.75. The predicted molar refractivity (Wildman–Crippen MR) is 61.8 cm³/mol. The largest absolute Gasteiger partial charge is 0.392 e. The number of hydrogen-bond acceptors (Lipinski definition) is 2. The molecule has 3 heteroatoms. The van der Waals surface area contributed by atoms with Crippen molar-refractivity contribution in [1.29, 1.82) is 0 Å². The van der Waals surface area contributed by atoms with Gasteiger partial charge in [0.25, 0.3) is 0 Å². The van der Waals surface area contributed by atoms with Gasteiger partial charge >= 0.3 is 0 Å². The van der Waals surface area contributed by atoms with Crippen molar-refractivity contribution in [2.75, 3.05) is 11.7 Å². The molecule has 1 N–H and O–H groups in total. The van der Waals surface area contributed by atoms with Crippen molar-refractivity contribution in [2.45, 2.75) is 20.5 Å². The summed E-state index contributed by atoms with van der Waals surface area (Å²) < 4.78 is 1.95. The van der Waals surface area contributed by atoms with Gasteiger partial charge in [-0.25, -0.2) is 0 Å². The molecular formula is C10H18NOP. The summed E-state index contributed by atoms with van der Waals surface area (Å²) in [5, 5.41) is 8.75. The number of hydrogen-bond donors (Lipinski definition) is 1. The Kier molecular flexibility index (Phi) is 6.56. The molecule has 0 aromatic heterocycles. The molecule has 2 nitrogen and oxygen atoms in total. The first-order chi connectivity index (χ1) is 6.24. The summed E-state index contributed by atoms with van der Waals surface area (Å²) >= 11 is 0. The van der Waals surface area contributed by atoms with E-state index in [0.717, 1.165) is 11.3 Å². The van der Waals surface area contributed by atoms with Crippen LogP contribution in [0.2, 0.25) is 0 Å². The zero-order valence-electron chi connectivity index (χ0n) is 8.49. The minimum atomic E-state index is 0.112. The maximum absolute atomic E-state index is 8.75. The second kappa shape index (κ2) is 6.88. The fraction of sp³-hybridized carbons (Fsp3) is 0.400. The van der Waals surface area contributed by atoms with E-state index in [1.807, 2.05) is 49.8 Å². The van der Waals surface area contributed by atoms with Crippen LogP contribution >= 0.6 is 9.39 Å². The van der Waals surface area contributed by atoms with Gasteiger partial charge in [0.05, 0.1) is 6.61 Å². The van der Waals surface area contributed by atoms with Crippen LogP contribution in [0.3, 0.4) is 0 Å². The van der Waals surface area contributed by atoms with Gasteiger partial charge in [0, 0.05) is 12.7 Å². The van der Waals surface area contributed by atoms with E-state index in [1.54, 1.807) is 0 Å². The molecule has 0 saturated carbocycles. The monoisotopic (exact) mass is 199 g/mol. The molecule has 0 bridgehead atoms. The highest BCUT2D eigenvalue weighted by Gasteiger charge is 1.93. The van der Waals surface area contributed by atoms with Crippen LogP contribution in [0.25, 0.3) is 0 Å². The van der Waals surface area contributed by atoms with Crippen molar-refractivity contribution in [3.8, 4) is 0 Å². The van der Waals surface area contributed by atoms with Crippen LogP contribution in [-0.4, -0.2) is 12.2 Å². The first-order valence-corrected chi connectivity index (χ1v) is 4.94. The summed E-state index contributed by atoms with van der Waals surface area (Å²) in [5.41, 5.74) is 2.06. The van der Waals surface area contributed by atoms with E-state index in [4.69, 9.17) is 5.11 Å². The van der Waals surface area contributed by atoms with Crippen LogP contribution in [0.15, 0.2) is 24.3 Å². The molecule has 0 saturated heterocycles. The van der Waals surface area contributed by atoms with Crippen molar-refractivity contribution in [3.05, 3.63) is 29.8 Å². The number of aliphatic hydroxyl groups excluding tert-OH is 1. The summed E-state index contributed by atoms with van der Waals surface area (Å²) in [5.74, 6) is 0. The second-order valence-corrected chi connectivity index (χ2v) is 3.21. The Morgan fingerprint density at radius 1 is 1.23 bits per heavy atom. The third-order valence-corrected chi connectivity index (χ3v) is 1.82. The quantitative estimate of drug-likeness (QED) is 0.739. The zero-order valence-corrected chi connectivity index (χ0v) is 9.64. The Morgan fingerprint density at radius 3 is 2.00 bits per heavy atom. The summed E-state index contributed by atoms with van der Waals surface area (Å²) in [6, 6.07) is 7.77. The average molecular weight is 199 g/mol. The third kappa shape index (κ3) is 4.25. The van der Waals surface area contributed by atoms with Gasteiger partial charge in [-0.15, -0.1) is 0 Å². The third-order valence-electron chi connectivity index (χ3n) is 1.53. The van der Waals surface area contributed by atoms with Crippen molar-refractivity contribution in [1.82, 2.24) is 0 Å². The van der Waals surface area contributed by atoms with Gasteiger partial charge in [-0.2, -0.15) is 0 Å². The van der Waals surface area contributed by atoms with E-state index < -0.39 is 0 Å². The van der Waals surface area contributed by atoms with Crippen molar-refractivity contribution < 1.29 is 5.11 Å². The Labute approximate surface area is 82.8 Å². The summed E-state index contributed by atoms with van der Waals surface area (Å²) in [7, 11) is 4.53. The molecule has 1 aromatic carbocycles. The minimum absolute atomic E-state index is 0.112. The molecule has 0 heterocycles. The maximum Gasteiger partial charge on any atom is 0.0681 e. The lowest BCUT2D eigenvalue weighted by molar-refractivity contribution is 0.282. The Hall–Kier alpha value is -0.590. The first-order valence-electron chi connectivity index (χ1n) is 4.42. The lowest BCUT2D eigenvalue weighted by Gasteiger charge is -2.11. The molecular weight excluding hydrogens is 181 g/mol. The standard InChI is InChI=1S/C8H12NOP.C2H6/c1-9(11)8-4-2-7(6-10)3-5-8;1-2/h2-5,10H,6,11H2,1H3;1-2H3.